The number of hydrogen-bond acceptors (Lipinski definition) is 4. The largest absolute Gasteiger partial charge is 0.398 e. The van der Waals surface area contributed by atoms with Crippen molar-refractivity contribution in [1.29, 1.82) is 0 Å². The van der Waals surface area contributed by atoms with Gasteiger partial charge in [-0.15, -0.1) is 0 Å². The van der Waals surface area contributed by atoms with E-state index in [1.165, 1.54) is 0 Å². The maximum atomic E-state index is 12.4. The molecular formula is C15H27N3O2S. The number of nitrogens with two attached hydrogens (primary N) is 1. The van der Waals surface area contributed by atoms with Crippen molar-refractivity contribution in [2.24, 2.45) is 0 Å². The molecule has 120 valence electrons. The van der Waals surface area contributed by atoms with Crippen molar-refractivity contribution >= 4 is 15.7 Å². The van der Waals surface area contributed by atoms with Gasteiger partial charge in [0, 0.05) is 12.6 Å². The van der Waals surface area contributed by atoms with E-state index in [0.717, 1.165) is 18.5 Å². The predicted molar refractivity (Wildman–Crippen MR) is 87.9 cm³/mol. The van der Waals surface area contributed by atoms with Crippen molar-refractivity contribution in [2.75, 3.05) is 25.9 Å². The molecule has 3 N–H and O–H groups in total. The Balaban J connectivity index is 2.73. The van der Waals surface area contributed by atoms with Gasteiger partial charge in [0.25, 0.3) is 0 Å². The maximum absolute atomic E-state index is 12.4. The molecule has 0 spiro atoms. The molecule has 5 nitrogen and oxygen atoms in total. The van der Waals surface area contributed by atoms with E-state index in [9.17, 15) is 8.42 Å². The van der Waals surface area contributed by atoms with E-state index in [4.69, 9.17) is 5.73 Å². The molecular weight excluding hydrogens is 286 g/mol. The molecule has 0 saturated carbocycles. The topological polar surface area (TPSA) is 75.4 Å². The first-order valence-corrected chi connectivity index (χ1v) is 8.70. The van der Waals surface area contributed by atoms with Crippen molar-refractivity contribution in [1.82, 2.24) is 9.62 Å². The zero-order valence-electron chi connectivity index (χ0n) is 13.6. The molecule has 6 heteroatoms. The number of sulfonamides is 1. The van der Waals surface area contributed by atoms with Gasteiger partial charge in [-0.1, -0.05) is 6.07 Å². The van der Waals surface area contributed by atoms with Crippen LogP contribution in [0.2, 0.25) is 0 Å². The van der Waals surface area contributed by atoms with Crippen LogP contribution in [-0.4, -0.2) is 39.5 Å². The smallest absolute Gasteiger partial charge is 0.242 e. The van der Waals surface area contributed by atoms with Crippen molar-refractivity contribution in [3.8, 4) is 0 Å². The van der Waals surface area contributed by atoms with E-state index < -0.39 is 10.0 Å². The van der Waals surface area contributed by atoms with Crippen LogP contribution < -0.4 is 10.5 Å². The molecule has 0 aliphatic carbocycles. The van der Waals surface area contributed by atoms with Crippen molar-refractivity contribution < 1.29 is 8.42 Å². The van der Waals surface area contributed by atoms with E-state index in [-0.39, 0.29) is 4.90 Å². The molecule has 0 unspecified atom stereocenters. The van der Waals surface area contributed by atoms with Gasteiger partial charge in [-0.2, -0.15) is 0 Å². The predicted octanol–water partition coefficient (Wildman–Crippen LogP) is 1.89. The van der Waals surface area contributed by atoms with Crippen LogP contribution >= 0.6 is 0 Å². The van der Waals surface area contributed by atoms with Gasteiger partial charge < -0.3 is 10.6 Å². The zero-order chi connectivity index (χ0) is 16.2. The quantitative estimate of drug-likeness (QED) is 0.595. The van der Waals surface area contributed by atoms with Crippen LogP contribution in [0, 0.1) is 13.8 Å². The van der Waals surface area contributed by atoms with E-state index in [0.29, 0.717) is 23.8 Å². The molecule has 0 aromatic heterocycles. The second kappa shape index (κ2) is 7.24. The van der Waals surface area contributed by atoms with Gasteiger partial charge in [0.2, 0.25) is 10.0 Å². The summed E-state index contributed by atoms with van der Waals surface area (Å²) in [4.78, 5) is 2.39. The van der Waals surface area contributed by atoms with Crippen LogP contribution in [0.5, 0.6) is 0 Å². The summed E-state index contributed by atoms with van der Waals surface area (Å²) in [7, 11) is -1.53. The van der Waals surface area contributed by atoms with Gasteiger partial charge in [-0.25, -0.2) is 13.1 Å². The SMILES string of the molecule is Cc1ccc(N)c(S(=O)(=O)NCCCN(C)C(C)C)c1C. The van der Waals surface area contributed by atoms with Gasteiger partial charge >= 0.3 is 0 Å². The monoisotopic (exact) mass is 313 g/mol. The second-order valence-corrected chi connectivity index (χ2v) is 7.46. The molecule has 1 rings (SSSR count). The molecule has 0 bridgehead atoms. The number of hydrogen-bond donors (Lipinski definition) is 2. The molecule has 0 aliphatic heterocycles. The van der Waals surface area contributed by atoms with Crippen LogP contribution in [0.3, 0.4) is 0 Å². The average Bonchev–Trinajstić information content (AvgIpc) is 2.38. The van der Waals surface area contributed by atoms with Crippen LogP contribution in [0.1, 0.15) is 31.4 Å². The van der Waals surface area contributed by atoms with Crippen molar-refractivity contribution in [3.05, 3.63) is 23.3 Å². The molecule has 0 aliphatic rings. The minimum atomic E-state index is -3.56. The Morgan fingerprint density at radius 1 is 1.29 bits per heavy atom. The number of rotatable bonds is 7. The van der Waals surface area contributed by atoms with E-state index in [1.807, 2.05) is 20.0 Å². The molecule has 0 fully saturated rings. The average molecular weight is 313 g/mol. The lowest BCUT2D eigenvalue weighted by Gasteiger charge is -2.21. The normalized spacial score (nSPS) is 12.3. The fourth-order valence-corrected chi connectivity index (χ4v) is 3.53. The molecule has 0 saturated heterocycles. The number of nitrogen functional groups attached to an aromatic ring is 1. The summed E-state index contributed by atoms with van der Waals surface area (Å²) < 4.78 is 27.4. The fourth-order valence-electron chi connectivity index (χ4n) is 2.03. The first-order valence-electron chi connectivity index (χ1n) is 7.22. The van der Waals surface area contributed by atoms with Crippen LogP contribution in [-0.2, 0) is 10.0 Å². The lowest BCUT2D eigenvalue weighted by Crippen LogP contribution is -2.32. The first-order chi connectivity index (χ1) is 9.66. The molecule has 0 atom stereocenters. The van der Waals surface area contributed by atoms with Crippen LogP contribution in [0.4, 0.5) is 5.69 Å². The summed E-state index contributed by atoms with van der Waals surface area (Å²) in [5.41, 5.74) is 7.77. The molecule has 0 radical (unpaired) electrons. The highest BCUT2D eigenvalue weighted by Crippen LogP contribution is 2.24. The maximum Gasteiger partial charge on any atom is 0.242 e. The van der Waals surface area contributed by atoms with Gasteiger partial charge in [-0.05, 0) is 64.9 Å². The Labute approximate surface area is 128 Å². The third-order valence-electron chi connectivity index (χ3n) is 3.84. The number of anilines is 1. The summed E-state index contributed by atoms with van der Waals surface area (Å²) in [6.45, 7) is 9.15. The van der Waals surface area contributed by atoms with E-state index in [1.54, 1.807) is 13.0 Å². The number of nitrogens with one attached hydrogen (secondary N) is 1. The highest BCUT2D eigenvalue weighted by molar-refractivity contribution is 7.89. The van der Waals surface area contributed by atoms with Gasteiger partial charge in [-0.3, -0.25) is 0 Å². The number of nitrogens with zero attached hydrogens (tertiary/aromatic N) is 1. The van der Waals surface area contributed by atoms with E-state index in [2.05, 4.69) is 23.5 Å². The Morgan fingerprint density at radius 2 is 1.90 bits per heavy atom. The van der Waals surface area contributed by atoms with Crippen molar-refractivity contribution in [3.63, 3.8) is 0 Å². The Bertz CT molecular complexity index is 583. The van der Waals surface area contributed by atoms with Crippen molar-refractivity contribution in [2.45, 2.75) is 45.1 Å². The number of aryl methyl sites for hydroxylation is 1. The molecule has 0 heterocycles. The second-order valence-electron chi connectivity index (χ2n) is 5.75. The van der Waals surface area contributed by atoms with Gasteiger partial charge in [0.1, 0.15) is 4.90 Å². The third kappa shape index (κ3) is 4.69. The Hall–Kier alpha value is -1.11. The molecule has 21 heavy (non-hydrogen) atoms. The lowest BCUT2D eigenvalue weighted by atomic mass is 10.1. The highest BCUT2D eigenvalue weighted by atomic mass is 32.2. The van der Waals surface area contributed by atoms with Crippen LogP contribution in [0.15, 0.2) is 17.0 Å². The molecule has 1 aromatic rings. The minimum absolute atomic E-state index is 0.208. The number of benzene rings is 1. The van der Waals surface area contributed by atoms with Gasteiger partial charge in [0.15, 0.2) is 0 Å². The van der Waals surface area contributed by atoms with E-state index >= 15 is 0 Å². The summed E-state index contributed by atoms with van der Waals surface area (Å²) in [6, 6.07) is 3.93. The summed E-state index contributed by atoms with van der Waals surface area (Å²) in [6.07, 6.45) is 0.763. The fraction of sp³-hybridized carbons (Fsp3) is 0.600. The van der Waals surface area contributed by atoms with Crippen LogP contribution in [0.25, 0.3) is 0 Å². The highest BCUT2D eigenvalue weighted by Gasteiger charge is 2.20. The zero-order valence-corrected chi connectivity index (χ0v) is 14.4. The molecule has 1 aromatic carbocycles. The Morgan fingerprint density at radius 3 is 2.48 bits per heavy atom. The summed E-state index contributed by atoms with van der Waals surface area (Å²) in [5.74, 6) is 0. The summed E-state index contributed by atoms with van der Waals surface area (Å²) >= 11 is 0. The lowest BCUT2D eigenvalue weighted by molar-refractivity contribution is 0.271. The van der Waals surface area contributed by atoms with Gasteiger partial charge in [0.05, 0.1) is 5.69 Å². The minimum Gasteiger partial charge on any atom is -0.398 e. The summed E-state index contributed by atoms with van der Waals surface area (Å²) in [5, 5.41) is 0. The first kappa shape index (κ1) is 17.9. The third-order valence-corrected chi connectivity index (χ3v) is 5.50. The standard InChI is InChI=1S/C15H27N3O2S/c1-11(2)18(5)10-6-9-17-21(19,20)15-13(4)12(3)7-8-14(15)16/h7-8,11,17H,6,9-10,16H2,1-5H3. The Kier molecular flexibility index (Phi) is 6.19. The molecule has 0 amide bonds.